The predicted molar refractivity (Wildman–Crippen MR) is 59.2 cm³/mol. The topological polar surface area (TPSA) is 32.3 Å². The highest BCUT2D eigenvalue weighted by Gasteiger charge is 2.21. The van der Waals surface area contributed by atoms with Gasteiger partial charge in [-0.3, -0.25) is 0 Å². The van der Waals surface area contributed by atoms with E-state index in [1.807, 2.05) is 11.8 Å². The highest BCUT2D eigenvalue weighted by Crippen LogP contribution is 2.19. The lowest BCUT2D eigenvalue weighted by Crippen LogP contribution is -2.30. The van der Waals surface area contributed by atoms with Crippen molar-refractivity contribution in [2.75, 3.05) is 12.3 Å². The smallest absolute Gasteiger partial charge is 0.0755 e. The Morgan fingerprint density at radius 2 is 2.23 bits per heavy atom. The standard InChI is InChI=1S/C10H21NOS/c1-3-8(2)13-7-10(12)6-11-9-4-5-9/h8-12H,3-7H2,1-2H3. The van der Waals surface area contributed by atoms with Gasteiger partial charge in [0.1, 0.15) is 0 Å². The van der Waals surface area contributed by atoms with E-state index in [-0.39, 0.29) is 6.10 Å². The van der Waals surface area contributed by atoms with Gasteiger partial charge in [-0.2, -0.15) is 11.8 Å². The Morgan fingerprint density at radius 3 is 2.77 bits per heavy atom. The highest BCUT2D eigenvalue weighted by atomic mass is 32.2. The monoisotopic (exact) mass is 203 g/mol. The summed E-state index contributed by atoms with van der Waals surface area (Å²) in [6, 6.07) is 0.711. The molecule has 0 aromatic carbocycles. The number of thioether (sulfide) groups is 1. The molecular weight excluding hydrogens is 182 g/mol. The molecule has 1 aliphatic carbocycles. The van der Waals surface area contributed by atoms with Crippen LogP contribution in [0.3, 0.4) is 0 Å². The summed E-state index contributed by atoms with van der Waals surface area (Å²) in [5.41, 5.74) is 0. The molecule has 78 valence electrons. The molecule has 2 unspecified atom stereocenters. The van der Waals surface area contributed by atoms with Gasteiger partial charge < -0.3 is 10.4 Å². The van der Waals surface area contributed by atoms with Gasteiger partial charge in [-0.1, -0.05) is 13.8 Å². The molecular formula is C10H21NOS. The van der Waals surface area contributed by atoms with E-state index in [0.717, 1.165) is 12.3 Å². The fourth-order valence-corrected chi connectivity index (χ4v) is 1.95. The van der Waals surface area contributed by atoms with Crippen molar-refractivity contribution in [1.82, 2.24) is 5.32 Å². The molecule has 0 aromatic heterocycles. The van der Waals surface area contributed by atoms with Gasteiger partial charge in [0.15, 0.2) is 0 Å². The van der Waals surface area contributed by atoms with Gasteiger partial charge in [0, 0.05) is 23.6 Å². The number of rotatable bonds is 7. The van der Waals surface area contributed by atoms with Gasteiger partial charge >= 0.3 is 0 Å². The van der Waals surface area contributed by atoms with Gasteiger partial charge in [0.25, 0.3) is 0 Å². The van der Waals surface area contributed by atoms with Crippen LogP contribution >= 0.6 is 11.8 Å². The van der Waals surface area contributed by atoms with Crippen LogP contribution < -0.4 is 5.32 Å². The molecule has 2 nitrogen and oxygen atoms in total. The molecule has 1 rings (SSSR count). The summed E-state index contributed by atoms with van der Waals surface area (Å²) in [6.07, 6.45) is 3.61. The number of aliphatic hydroxyl groups is 1. The Balaban J connectivity index is 1.92. The second-order valence-electron chi connectivity index (χ2n) is 3.89. The Hall–Kier alpha value is 0.270. The highest BCUT2D eigenvalue weighted by molar-refractivity contribution is 7.99. The average molecular weight is 203 g/mol. The Bertz CT molecular complexity index is 139. The second kappa shape index (κ2) is 5.89. The van der Waals surface area contributed by atoms with Crippen molar-refractivity contribution < 1.29 is 5.11 Å². The van der Waals surface area contributed by atoms with Gasteiger partial charge in [-0.15, -0.1) is 0 Å². The molecule has 1 aliphatic rings. The maximum atomic E-state index is 9.59. The van der Waals surface area contributed by atoms with Crippen molar-refractivity contribution in [3.8, 4) is 0 Å². The summed E-state index contributed by atoms with van der Waals surface area (Å²) < 4.78 is 0. The maximum Gasteiger partial charge on any atom is 0.0755 e. The van der Waals surface area contributed by atoms with Crippen molar-refractivity contribution >= 4 is 11.8 Å². The van der Waals surface area contributed by atoms with Crippen LogP contribution in [0.1, 0.15) is 33.1 Å². The zero-order chi connectivity index (χ0) is 9.68. The van der Waals surface area contributed by atoms with E-state index in [1.54, 1.807) is 0 Å². The minimum Gasteiger partial charge on any atom is -0.391 e. The molecule has 1 saturated carbocycles. The average Bonchev–Trinajstić information content (AvgIpc) is 2.94. The number of aliphatic hydroxyl groups excluding tert-OH is 1. The molecule has 0 aromatic rings. The van der Waals surface area contributed by atoms with Crippen LogP contribution in [-0.4, -0.2) is 34.8 Å². The molecule has 1 fully saturated rings. The molecule has 0 amide bonds. The van der Waals surface area contributed by atoms with Crippen LogP contribution in [0.4, 0.5) is 0 Å². The SMILES string of the molecule is CCC(C)SCC(O)CNC1CC1. The minimum atomic E-state index is -0.167. The van der Waals surface area contributed by atoms with E-state index >= 15 is 0 Å². The molecule has 3 heteroatoms. The summed E-state index contributed by atoms with van der Waals surface area (Å²) >= 11 is 1.87. The van der Waals surface area contributed by atoms with Crippen LogP contribution in [-0.2, 0) is 0 Å². The zero-order valence-electron chi connectivity index (χ0n) is 8.62. The third-order valence-corrected chi connectivity index (χ3v) is 3.85. The van der Waals surface area contributed by atoms with E-state index in [1.165, 1.54) is 19.3 Å². The molecule has 0 radical (unpaired) electrons. The molecule has 0 heterocycles. The summed E-state index contributed by atoms with van der Waals surface area (Å²) in [7, 11) is 0. The lowest BCUT2D eigenvalue weighted by Gasteiger charge is -2.13. The number of nitrogens with one attached hydrogen (secondary N) is 1. The molecule has 0 saturated heterocycles. The lowest BCUT2D eigenvalue weighted by molar-refractivity contribution is 0.195. The van der Waals surface area contributed by atoms with Crippen LogP contribution in [0, 0.1) is 0 Å². The van der Waals surface area contributed by atoms with E-state index in [0.29, 0.717) is 11.3 Å². The largest absolute Gasteiger partial charge is 0.391 e. The number of hydrogen-bond donors (Lipinski definition) is 2. The van der Waals surface area contributed by atoms with Crippen LogP contribution in [0.2, 0.25) is 0 Å². The normalized spacial score (nSPS) is 21.5. The first-order valence-electron chi connectivity index (χ1n) is 5.25. The fourth-order valence-electron chi connectivity index (χ4n) is 1.04. The van der Waals surface area contributed by atoms with E-state index < -0.39 is 0 Å². The Morgan fingerprint density at radius 1 is 1.54 bits per heavy atom. The Labute approximate surface area is 85.5 Å². The minimum absolute atomic E-state index is 0.167. The van der Waals surface area contributed by atoms with E-state index in [2.05, 4.69) is 19.2 Å². The fraction of sp³-hybridized carbons (Fsp3) is 1.00. The molecule has 2 atom stereocenters. The molecule has 13 heavy (non-hydrogen) atoms. The van der Waals surface area contributed by atoms with Crippen molar-refractivity contribution in [3.05, 3.63) is 0 Å². The second-order valence-corrected chi connectivity index (χ2v) is 5.36. The predicted octanol–water partition coefficient (Wildman–Crippen LogP) is 1.63. The van der Waals surface area contributed by atoms with Gasteiger partial charge in [-0.25, -0.2) is 0 Å². The quantitative estimate of drug-likeness (QED) is 0.659. The molecule has 0 spiro atoms. The maximum absolute atomic E-state index is 9.59. The van der Waals surface area contributed by atoms with Gasteiger partial charge in [0.05, 0.1) is 6.10 Å². The van der Waals surface area contributed by atoms with Gasteiger partial charge in [-0.05, 0) is 19.3 Å². The third-order valence-electron chi connectivity index (χ3n) is 2.37. The summed E-state index contributed by atoms with van der Waals surface area (Å²) in [6.45, 7) is 5.17. The Kier molecular flexibility index (Phi) is 5.14. The summed E-state index contributed by atoms with van der Waals surface area (Å²) in [5.74, 6) is 0.870. The third kappa shape index (κ3) is 5.55. The van der Waals surface area contributed by atoms with E-state index in [4.69, 9.17) is 0 Å². The van der Waals surface area contributed by atoms with Gasteiger partial charge in [0.2, 0.25) is 0 Å². The summed E-state index contributed by atoms with van der Waals surface area (Å²) in [4.78, 5) is 0. The first kappa shape index (κ1) is 11.3. The first-order chi connectivity index (χ1) is 6.22. The lowest BCUT2D eigenvalue weighted by atomic mass is 10.4. The zero-order valence-corrected chi connectivity index (χ0v) is 9.44. The summed E-state index contributed by atoms with van der Waals surface area (Å²) in [5, 5.41) is 13.6. The number of hydrogen-bond acceptors (Lipinski definition) is 3. The van der Waals surface area contributed by atoms with Crippen LogP contribution in [0.15, 0.2) is 0 Å². The van der Waals surface area contributed by atoms with Crippen molar-refractivity contribution in [2.24, 2.45) is 0 Å². The van der Waals surface area contributed by atoms with Crippen molar-refractivity contribution in [3.63, 3.8) is 0 Å². The first-order valence-corrected chi connectivity index (χ1v) is 6.30. The van der Waals surface area contributed by atoms with Crippen LogP contribution in [0.25, 0.3) is 0 Å². The molecule has 0 aliphatic heterocycles. The van der Waals surface area contributed by atoms with Crippen LogP contribution in [0.5, 0.6) is 0 Å². The van der Waals surface area contributed by atoms with Crippen molar-refractivity contribution in [1.29, 1.82) is 0 Å². The molecule has 2 N–H and O–H groups in total. The molecule has 0 bridgehead atoms. The van der Waals surface area contributed by atoms with E-state index in [9.17, 15) is 5.11 Å². The van der Waals surface area contributed by atoms with Crippen molar-refractivity contribution in [2.45, 2.75) is 50.5 Å².